The van der Waals surface area contributed by atoms with E-state index in [9.17, 15) is 0 Å². The smallest absolute Gasteiger partial charge is 0.180 e. The molecule has 2 nitrogen and oxygen atoms in total. The molecule has 0 bridgehead atoms. The fourth-order valence-corrected chi connectivity index (χ4v) is 3.22. The first-order valence-corrected chi connectivity index (χ1v) is 5.92. The molecule has 0 fully saturated rings. The molecule has 1 heterocycles. The van der Waals surface area contributed by atoms with Crippen LogP contribution in [-0.2, 0) is 6.42 Å². The Bertz CT molecular complexity index is 516. The summed E-state index contributed by atoms with van der Waals surface area (Å²) in [5, 5.41) is 0.684. The first-order valence-electron chi connectivity index (χ1n) is 5.10. The Labute approximate surface area is 92.8 Å². The molecule has 0 saturated heterocycles. The summed E-state index contributed by atoms with van der Waals surface area (Å²) in [6, 6.07) is 8.49. The lowest BCUT2D eigenvalue weighted by molar-refractivity contribution is 0.757. The van der Waals surface area contributed by atoms with Crippen LogP contribution >= 0.6 is 11.3 Å². The van der Waals surface area contributed by atoms with Gasteiger partial charge in [0, 0.05) is 10.4 Å². The van der Waals surface area contributed by atoms with Crippen LogP contribution in [0.5, 0.6) is 0 Å². The maximum Gasteiger partial charge on any atom is 0.180 e. The second kappa shape index (κ2) is 3.07. The highest BCUT2D eigenvalue weighted by molar-refractivity contribution is 7.15. The summed E-state index contributed by atoms with van der Waals surface area (Å²) >= 11 is 1.62. The normalized spacial score (nSPS) is 18.3. The molecule has 1 atom stereocenters. The van der Waals surface area contributed by atoms with Crippen LogP contribution in [0.2, 0.25) is 0 Å². The summed E-state index contributed by atoms with van der Waals surface area (Å²) in [5.41, 5.74) is 9.53. The van der Waals surface area contributed by atoms with Crippen LogP contribution in [-0.4, -0.2) is 4.98 Å². The first kappa shape index (κ1) is 8.92. The number of nitrogen functional groups attached to an aromatic ring is 1. The number of nitrogens with zero attached hydrogens (tertiary/aromatic N) is 1. The largest absolute Gasteiger partial charge is 0.375 e. The number of anilines is 1. The molecule has 0 radical (unpaired) electrons. The predicted molar refractivity (Wildman–Crippen MR) is 64.1 cm³/mol. The molecule has 1 aliphatic carbocycles. The minimum Gasteiger partial charge on any atom is -0.375 e. The standard InChI is InChI=1S/C12H12N2S/c1-7-6-10-11(14-12(13)15-10)9-5-3-2-4-8(7)9/h2-5,7H,6H2,1H3,(H2,13,14). The molecule has 0 saturated carbocycles. The molecule has 0 amide bonds. The third kappa shape index (κ3) is 1.27. The molecular weight excluding hydrogens is 204 g/mol. The highest BCUT2D eigenvalue weighted by atomic mass is 32.1. The van der Waals surface area contributed by atoms with Crippen molar-refractivity contribution in [1.82, 2.24) is 4.98 Å². The molecule has 1 aromatic heterocycles. The predicted octanol–water partition coefficient (Wildman–Crippen LogP) is 3.05. The third-order valence-electron chi connectivity index (χ3n) is 2.95. The monoisotopic (exact) mass is 216 g/mol. The van der Waals surface area contributed by atoms with E-state index in [0.29, 0.717) is 11.0 Å². The van der Waals surface area contributed by atoms with Gasteiger partial charge in [0.25, 0.3) is 0 Å². The van der Waals surface area contributed by atoms with Crippen molar-refractivity contribution < 1.29 is 0 Å². The summed E-state index contributed by atoms with van der Waals surface area (Å²) < 4.78 is 0. The van der Waals surface area contributed by atoms with Crippen molar-refractivity contribution in [1.29, 1.82) is 0 Å². The summed E-state index contributed by atoms with van der Waals surface area (Å²) in [7, 11) is 0. The Morgan fingerprint density at radius 2 is 2.20 bits per heavy atom. The van der Waals surface area contributed by atoms with Gasteiger partial charge in [-0.05, 0) is 17.9 Å². The van der Waals surface area contributed by atoms with Crippen molar-refractivity contribution in [2.75, 3.05) is 5.73 Å². The lowest BCUT2D eigenvalue weighted by Gasteiger charge is -2.20. The van der Waals surface area contributed by atoms with Crippen LogP contribution < -0.4 is 5.73 Å². The zero-order chi connectivity index (χ0) is 10.4. The Kier molecular flexibility index (Phi) is 1.83. The minimum absolute atomic E-state index is 0.577. The summed E-state index contributed by atoms with van der Waals surface area (Å²) in [4.78, 5) is 5.76. The molecule has 2 aromatic rings. The van der Waals surface area contributed by atoms with E-state index in [1.807, 2.05) is 0 Å². The number of benzene rings is 1. The fraction of sp³-hybridized carbons (Fsp3) is 0.250. The number of hydrogen-bond donors (Lipinski definition) is 1. The van der Waals surface area contributed by atoms with E-state index < -0.39 is 0 Å². The number of hydrogen-bond acceptors (Lipinski definition) is 3. The number of thiazole rings is 1. The van der Waals surface area contributed by atoms with E-state index in [1.54, 1.807) is 11.3 Å². The second-order valence-electron chi connectivity index (χ2n) is 4.02. The number of fused-ring (bicyclic) bond motifs is 3. The molecule has 3 heteroatoms. The topological polar surface area (TPSA) is 38.9 Å². The summed E-state index contributed by atoms with van der Waals surface area (Å²) in [6.07, 6.45) is 1.07. The average molecular weight is 216 g/mol. The minimum atomic E-state index is 0.577. The van der Waals surface area contributed by atoms with E-state index >= 15 is 0 Å². The van der Waals surface area contributed by atoms with Crippen LogP contribution in [0.1, 0.15) is 23.3 Å². The fourth-order valence-electron chi connectivity index (χ4n) is 2.25. The number of aromatic nitrogens is 1. The molecule has 1 aromatic carbocycles. The van der Waals surface area contributed by atoms with Gasteiger partial charge in [-0.25, -0.2) is 4.98 Å². The average Bonchev–Trinajstić information content (AvgIpc) is 2.59. The van der Waals surface area contributed by atoms with Crippen LogP contribution in [0.4, 0.5) is 5.13 Å². The maximum atomic E-state index is 5.77. The lowest BCUT2D eigenvalue weighted by atomic mass is 9.86. The quantitative estimate of drug-likeness (QED) is 0.735. The molecule has 1 unspecified atom stereocenters. The Hall–Kier alpha value is -1.35. The van der Waals surface area contributed by atoms with Crippen LogP contribution in [0.25, 0.3) is 11.3 Å². The molecule has 15 heavy (non-hydrogen) atoms. The van der Waals surface area contributed by atoms with E-state index in [2.05, 4.69) is 36.2 Å². The molecule has 76 valence electrons. The molecule has 0 spiro atoms. The highest BCUT2D eigenvalue weighted by Gasteiger charge is 2.24. The van der Waals surface area contributed by atoms with Gasteiger partial charge >= 0.3 is 0 Å². The first-order chi connectivity index (χ1) is 7.25. The third-order valence-corrected chi connectivity index (χ3v) is 3.86. The van der Waals surface area contributed by atoms with Gasteiger partial charge < -0.3 is 5.73 Å². The molecule has 1 aliphatic rings. The van der Waals surface area contributed by atoms with Crippen molar-refractivity contribution in [2.24, 2.45) is 0 Å². The van der Waals surface area contributed by atoms with E-state index in [1.165, 1.54) is 16.0 Å². The van der Waals surface area contributed by atoms with Gasteiger partial charge in [0.2, 0.25) is 0 Å². The van der Waals surface area contributed by atoms with E-state index in [-0.39, 0.29) is 0 Å². The lowest BCUT2D eigenvalue weighted by Crippen LogP contribution is -2.06. The van der Waals surface area contributed by atoms with Crippen LogP contribution in [0.3, 0.4) is 0 Å². The summed E-state index contributed by atoms with van der Waals surface area (Å²) in [5.74, 6) is 0.577. The van der Waals surface area contributed by atoms with E-state index in [0.717, 1.165) is 12.1 Å². The molecule has 2 N–H and O–H groups in total. The Balaban J connectivity index is 2.29. The van der Waals surface area contributed by atoms with Crippen molar-refractivity contribution in [3.8, 4) is 11.3 Å². The highest BCUT2D eigenvalue weighted by Crippen LogP contribution is 2.41. The van der Waals surface area contributed by atoms with Crippen LogP contribution in [0, 0.1) is 0 Å². The van der Waals surface area contributed by atoms with Crippen molar-refractivity contribution >= 4 is 16.5 Å². The number of nitrogens with two attached hydrogens (primary N) is 1. The van der Waals surface area contributed by atoms with Gasteiger partial charge in [-0.15, -0.1) is 11.3 Å². The number of rotatable bonds is 0. The van der Waals surface area contributed by atoms with Gasteiger partial charge in [0.15, 0.2) is 5.13 Å². The van der Waals surface area contributed by atoms with Gasteiger partial charge in [0.1, 0.15) is 0 Å². The molecular formula is C12H12N2S. The second-order valence-corrected chi connectivity index (χ2v) is 5.13. The molecule has 3 rings (SSSR count). The van der Waals surface area contributed by atoms with E-state index in [4.69, 9.17) is 5.73 Å². The van der Waals surface area contributed by atoms with Crippen molar-refractivity contribution in [3.05, 3.63) is 34.7 Å². The molecule has 0 aliphatic heterocycles. The van der Waals surface area contributed by atoms with Crippen LogP contribution in [0.15, 0.2) is 24.3 Å². The van der Waals surface area contributed by atoms with Crippen molar-refractivity contribution in [3.63, 3.8) is 0 Å². The zero-order valence-electron chi connectivity index (χ0n) is 8.53. The van der Waals surface area contributed by atoms with Gasteiger partial charge in [-0.1, -0.05) is 31.2 Å². The van der Waals surface area contributed by atoms with Gasteiger partial charge in [-0.3, -0.25) is 0 Å². The van der Waals surface area contributed by atoms with Gasteiger partial charge in [0.05, 0.1) is 5.69 Å². The summed E-state index contributed by atoms with van der Waals surface area (Å²) in [6.45, 7) is 2.26. The Morgan fingerprint density at radius 3 is 3.07 bits per heavy atom. The zero-order valence-corrected chi connectivity index (χ0v) is 9.34. The maximum absolute atomic E-state index is 5.77. The Morgan fingerprint density at radius 1 is 1.40 bits per heavy atom. The van der Waals surface area contributed by atoms with Gasteiger partial charge in [-0.2, -0.15) is 0 Å². The van der Waals surface area contributed by atoms with Crippen molar-refractivity contribution in [2.45, 2.75) is 19.3 Å². The SMILES string of the molecule is CC1Cc2sc(N)nc2-c2ccccc21.